The average Bonchev–Trinajstić information content (AvgIpc) is 3.06. The van der Waals surface area contributed by atoms with E-state index in [1.807, 2.05) is 18.2 Å². The van der Waals surface area contributed by atoms with Crippen molar-refractivity contribution in [2.75, 3.05) is 14.2 Å². The van der Waals surface area contributed by atoms with Crippen LogP contribution in [-0.2, 0) is 20.9 Å². The van der Waals surface area contributed by atoms with Crippen molar-refractivity contribution >= 4 is 18.0 Å². The van der Waals surface area contributed by atoms with Crippen molar-refractivity contribution in [1.29, 1.82) is 0 Å². The molecule has 23 heavy (non-hydrogen) atoms. The molecule has 6 heteroatoms. The zero-order valence-electron chi connectivity index (χ0n) is 12.8. The zero-order valence-corrected chi connectivity index (χ0v) is 12.8. The fraction of sp³-hybridized carbons (Fsp3) is 0.176. The van der Waals surface area contributed by atoms with Crippen molar-refractivity contribution in [1.82, 2.24) is 0 Å². The van der Waals surface area contributed by atoms with E-state index in [0.717, 1.165) is 5.56 Å². The fourth-order valence-electron chi connectivity index (χ4n) is 1.82. The Bertz CT molecular complexity index is 713. The van der Waals surface area contributed by atoms with Crippen LogP contribution in [0.4, 0.5) is 0 Å². The van der Waals surface area contributed by atoms with Gasteiger partial charge in [0.25, 0.3) is 0 Å². The number of hydrogen-bond donors (Lipinski definition) is 0. The average molecular weight is 316 g/mol. The standard InChI is InChI=1S/C17H16O6/c1-20-14-6-4-3-5-12(14)7-10-16(18)22-11-13-8-9-15(23-13)17(19)21-2/h3-10H,11H2,1-2H3/b10-7+. The normalized spacial score (nSPS) is 10.5. The second-order valence-corrected chi connectivity index (χ2v) is 4.44. The maximum Gasteiger partial charge on any atom is 0.373 e. The van der Waals surface area contributed by atoms with Gasteiger partial charge in [0, 0.05) is 11.6 Å². The SMILES string of the molecule is COC(=O)c1ccc(COC(=O)/C=C/c2ccccc2OC)o1. The summed E-state index contributed by atoms with van der Waals surface area (Å²) in [5, 5.41) is 0. The van der Waals surface area contributed by atoms with Crippen LogP contribution in [0.1, 0.15) is 21.9 Å². The monoisotopic (exact) mass is 316 g/mol. The van der Waals surface area contributed by atoms with E-state index in [1.54, 1.807) is 25.3 Å². The Morgan fingerprint density at radius 3 is 2.65 bits per heavy atom. The first-order chi connectivity index (χ1) is 11.1. The fourth-order valence-corrected chi connectivity index (χ4v) is 1.82. The van der Waals surface area contributed by atoms with Gasteiger partial charge in [-0.15, -0.1) is 0 Å². The molecule has 0 N–H and O–H groups in total. The predicted molar refractivity (Wildman–Crippen MR) is 81.9 cm³/mol. The minimum absolute atomic E-state index is 0.0584. The molecule has 6 nitrogen and oxygen atoms in total. The van der Waals surface area contributed by atoms with Gasteiger partial charge in [0.05, 0.1) is 14.2 Å². The summed E-state index contributed by atoms with van der Waals surface area (Å²) in [6.45, 7) is -0.0773. The number of carbonyl (C=O) groups is 2. The smallest absolute Gasteiger partial charge is 0.373 e. The number of benzene rings is 1. The molecule has 0 spiro atoms. The van der Waals surface area contributed by atoms with Crippen molar-refractivity contribution in [3.05, 3.63) is 59.6 Å². The van der Waals surface area contributed by atoms with E-state index >= 15 is 0 Å². The van der Waals surface area contributed by atoms with E-state index in [9.17, 15) is 9.59 Å². The minimum Gasteiger partial charge on any atom is -0.496 e. The third kappa shape index (κ3) is 4.47. The quantitative estimate of drug-likeness (QED) is 0.602. The van der Waals surface area contributed by atoms with Crippen LogP contribution in [0.15, 0.2) is 46.9 Å². The second kappa shape index (κ2) is 7.84. The molecule has 2 rings (SSSR count). The molecule has 0 bridgehead atoms. The highest BCUT2D eigenvalue weighted by atomic mass is 16.5. The van der Waals surface area contributed by atoms with Gasteiger partial charge in [-0.05, 0) is 24.3 Å². The summed E-state index contributed by atoms with van der Waals surface area (Å²) >= 11 is 0. The summed E-state index contributed by atoms with van der Waals surface area (Å²) in [6.07, 6.45) is 2.89. The lowest BCUT2D eigenvalue weighted by molar-refractivity contribution is -0.139. The summed E-state index contributed by atoms with van der Waals surface area (Å²) in [4.78, 5) is 22.9. The van der Waals surface area contributed by atoms with E-state index in [0.29, 0.717) is 11.5 Å². The molecule has 0 aliphatic heterocycles. The summed E-state index contributed by atoms with van der Waals surface area (Å²) in [5.74, 6) is -0.0524. The van der Waals surface area contributed by atoms with Gasteiger partial charge in [-0.2, -0.15) is 0 Å². The highest BCUT2D eigenvalue weighted by Gasteiger charge is 2.11. The molecule has 0 aliphatic carbocycles. The van der Waals surface area contributed by atoms with Crippen LogP contribution in [0.3, 0.4) is 0 Å². The number of furan rings is 1. The van der Waals surface area contributed by atoms with Gasteiger partial charge < -0.3 is 18.6 Å². The number of hydrogen-bond acceptors (Lipinski definition) is 6. The van der Waals surface area contributed by atoms with Gasteiger partial charge >= 0.3 is 11.9 Å². The Morgan fingerprint density at radius 2 is 1.91 bits per heavy atom. The van der Waals surface area contributed by atoms with Gasteiger partial charge in [0.15, 0.2) is 0 Å². The number of rotatable bonds is 6. The number of ether oxygens (including phenoxy) is 3. The molecule has 1 aromatic carbocycles. The lowest BCUT2D eigenvalue weighted by atomic mass is 10.2. The number of methoxy groups -OCH3 is 2. The van der Waals surface area contributed by atoms with Crippen molar-refractivity contribution in [2.45, 2.75) is 6.61 Å². The van der Waals surface area contributed by atoms with E-state index in [1.165, 1.54) is 19.3 Å². The molecule has 0 saturated heterocycles. The van der Waals surface area contributed by atoms with Crippen LogP contribution in [0.5, 0.6) is 5.75 Å². The molecule has 0 amide bonds. The summed E-state index contributed by atoms with van der Waals surface area (Å²) in [7, 11) is 2.81. The van der Waals surface area contributed by atoms with Crippen molar-refractivity contribution in [3.8, 4) is 5.75 Å². The summed E-state index contributed by atoms with van der Waals surface area (Å²) < 4.78 is 19.9. The molecule has 0 fully saturated rings. The maximum atomic E-state index is 11.7. The molecule has 0 aliphatic rings. The molecule has 2 aromatic rings. The van der Waals surface area contributed by atoms with Crippen molar-refractivity contribution in [3.63, 3.8) is 0 Å². The Labute approximate surface area is 133 Å². The first-order valence-corrected chi connectivity index (χ1v) is 6.79. The van der Waals surface area contributed by atoms with Crippen LogP contribution >= 0.6 is 0 Å². The summed E-state index contributed by atoms with van der Waals surface area (Å²) in [6, 6.07) is 10.3. The minimum atomic E-state index is -0.585. The first kappa shape index (κ1) is 16.4. The molecule has 120 valence electrons. The van der Waals surface area contributed by atoms with Gasteiger partial charge in [-0.3, -0.25) is 0 Å². The Kier molecular flexibility index (Phi) is 5.57. The van der Waals surface area contributed by atoms with Crippen LogP contribution in [-0.4, -0.2) is 26.2 Å². The van der Waals surface area contributed by atoms with Crippen LogP contribution < -0.4 is 4.74 Å². The van der Waals surface area contributed by atoms with Crippen molar-refractivity contribution < 1.29 is 28.2 Å². The molecule has 0 unspecified atom stereocenters. The molecule has 0 saturated carbocycles. The molecular weight excluding hydrogens is 300 g/mol. The van der Waals surface area contributed by atoms with Gasteiger partial charge in [-0.25, -0.2) is 9.59 Å². The molecule has 0 radical (unpaired) electrons. The predicted octanol–water partition coefficient (Wildman–Crippen LogP) is 2.83. The van der Waals surface area contributed by atoms with E-state index < -0.39 is 11.9 Å². The van der Waals surface area contributed by atoms with Crippen LogP contribution in [0, 0.1) is 0 Å². The molecular formula is C17H16O6. The third-order valence-corrected chi connectivity index (χ3v) is 2.94. The molecule has 0 atom stereocenters. The highest BCUT2D eigenvalue weighted by molar-refractivity contribution is 5.87. The van der Waals surface area contributed by atoms with Gasteiger partial charge in [0.2, 0.25) is 5.76 Å². The molecule has 1 aromatic heterocycles. The van der Waals surface area contributed by atoms with Crippen LogP contribution in [0.2, 0.25) is 0 Å². The van der Waals surface area contributed by atoms with Crippen molar-refractivity contribution in [2.24, 2.45) is 0 Å². The largest absolute Gasteiger partial charge is 0.496 e. The highest BCUT2D eigenvalue weighted by Crippen LogP contribution is 2.18. The maximum absolute atomic E-state index is 11.7. The molecule has 1 heterocycles. The number of esters is 2. The lowest BCUT2D eigenvalue weighted by Gasteiger charge is -2.03. The number of para-hydroxylation sites is 1. The van der Waals surface area contributed by atoms with Crippen LogP contribution in [0.25, 0.3) is 6.08 Å². The van der Waals surface area contributed by atoms with E-state index in [2.05, 4.69) is 4.74 Å². The summed E-state index contributed by atoms with van der Waals surface area (Å²) in [5.41, 5.74) is 0.762. The Hall–Kier alpha value is -3.02. The lowest BCUT2D eigenvalue weighted by Crippen LogP contribution is -2.01. The van der Waals surface area contributed by atoms with Gasteiger partial charge in [-0.1, -0.05) is 18.2 Å². The van der Waals surface area contributed by atoms with E-state index in [4.69, 9.17) is 13.9 Å². The first-order valence-electron chi connectivity index (χ1n) is 6.79. The zero-order chi connectivity index (χ0) is 16.7. The second-order valence-electron chi connectivity index (χ2n) is 4.44. The topological polar surface area (TPSA) is 75.0 Å². The van der Waals surface area contributed by atoms with Gasteiger partial charge in [0.1, 0.15) is 18.1 Å². The Balaban J connectivity index is 1.91. The third-order valence-electron chi connectivity index (χ3n) is 2.94. The van der Waals surface area contributed by atoms with E-state index in [-0.39, 0.29) is 12.4 Å². The number of carbonyl (C=O) groups excluding carboxylic acids is 2. The Morgan fingerprint density at radius 1 is 1.13 bits per heavy atom.